The average Bonchev–Trinajstić information content (AvgIpc) is 2.18. The number of ether oxygens (including phenoxy) is 1. The number of methoxy groups -OCH3 is 1. The van der Waals surface area contributed by atoms with Crippen molar-refractivity contribution in [3.63, 3.8) is 0 Å². The molecule has 1 rings (SSSR count). The molecule has 0 saturated carbocycles. The maximum Gasteiger partial charge on any atom is 0.122 e. The predicted molar refractivity (Wildman–Crippen MR) is 62.7 cm³/mol. The number of hydrogen-bond acceptors (Lipinski definition) is 2. The fraction of sp³-hybridized carbons (Fsp3) is 0.455. The van der Waals surface area contributed by atoms with E-state index in [-0.39, 0.29) is 6.04 Å². The molecule has 0 aliphatic carbocycles. The number of benzene rings is 1. The van der Waals surface area contributed by atoms with Crippen LogP contribution in [0.15, 0.2) is 22.7 Å². The fourth-order valence-electron chi connectivity index (χ4n) is 1.33. The van der Waals surface area contributed by atoms with Crippen LogP contribution in [0.25, 0.3) is 0 Å². The maximum atomic E-state index is 5.91. The zero-order chi connectivity index (χ0) is 10.6. The van der Waals surface area contributed by atoms with Gasteiger partial charge in [-0.15, -0.1) is 0 Å². The van der Waals surface area contributed by atoms with Crippen molar-refractivity contribution in [1.82, 2.24) is 0 Å². The molecule has 2 N–H and O–H groups in total. The standard InChI is InChI=1S/C11H16BrNO/c1-3-10(13)7-8-6-9(12)4-5-11(8)14-2/h4-6,10H,3,7,13H2,1-2H3. The zero-order valence-corrected chi connectivity index (χ0v) is 10.2. The molecule has 0 aliphatic heterocycles. The Hall–Kier alpha value is -0.540. The third-order valence-electron chi connectivity index (χ3n) is 2.25. The Kier molecular flexibility index (Phi) is 4.42. The number of halogens is 1. The lowest BCUT2D eigenvalue weighted by Gasteiger charge is -2.12. The molecule has 0 saturated heterocycles. The summed E-state index contributed by atoms with van der Waals surface area (Å²) in [5.74, 6) is 0.914. The smallest absolute Gasteiger partial charge is 0.122 e. The summed E-state index contributed by atoms with van der Waals surface area (Å²) >= 11 is 3.44. The first-order valence-corrected chi connectivity index (χ1v) is 5.54. The third-order valence-corrected chi connectivity index (χ3v) is 2.74. The molecule has 0 amide bonds. The Morgan fingerprint density at radius 2 is 2.21 bits per heavy atom. The Morgan fingerprint density at radius 3 is 2.79 bits per heavy atom. The molecule has 0 spiro atoms. The summed E-state index contributed by atoms with van der Waals surface area (Å²) in [5.41, 5.74) is 7.07. The van der Waals surface area contributed by atoms with Crippen LogP contribution in [-0.4, -0.2) is 13.2 Å². The van der Waals surface area contributed by atoms with E-state index in [0.717, 1.165) is 28.6 Å². The summed E-state index contributed by atoms with van der Waals surface area (Å²) in [4.78, 5) is 0. The molecule has 0 radical (unpaired) electrons. The molecule has 3 heteroatoms. The topological polar surface area (TPSA) is 35.2 Å². The number of nitrogens with two attached hydrogens (primary N) is 1. The minimum absolute atomic E-state index is 0.207. The monoisotopic (exact) mass is 257 g/mol. The first-order chi connectivity index (χ1) is 6.67. The zero-order valence-electron chi connectivity index (χ0n) is 8.59. The Balaban J connectivity index is 2.87. The van der Waals surface area contributed by atoms with Gasteiger partial charge in [-0.05, 0) is 36.6 Å². The lowest BCUT2D eigenvalue weighted by molar-refractivity contribution is 0.407. The van der Waals surface area contributed by atoms with Crippen molar-refractivity contribution >= 4 is 15.9 Å². The van der Waals surface area contributed by atoms with Crippen LogP contribution in [0.3, 0.4) is 0 Å². The van der Waals surface area contributed by atoms with E-state index in [0.29, 0.717) is 0 Å². The average molecular weight is 258 g/mol. The van der Waals surface area contributed by atoms with E-state index in [1.54, 1.807) is 7.11 Å². The van der Waals surface area contributed by atoms with Crippen LogP contribution in [0, 0.1) is 0 Å². The fourth-order valence-corrected chi connectivity index (χ4v) is 1.74. The molecular formula is C11H16BrNO. The van der Waals surface area contributed by atoms with Crippen LogP contribution < -0.4 is 10.5 Å². The first-order valence-electron chi connectivity index (χ1n) is 4.75. The Labute approximate surface area is 93.6 Å². The second kappa shape index (κ2) is 5.37. The first kappa shape index (κ1) is 11.5. The van der Waals surface area contributed by atoms with Crippen LogP contribution in [0.4, 0.5) is 0 Å². The number of hydrogen-bond donors (Lipinski definition) is 1. The van der Waals surface area contributed by atoms with Crippen molar-refractivity contribution in [1.29, 1.82) is 0 Å². The van der Waals surface area contributed by atoms with E-state index in [9.17, 15) is 0 Å². The lowest BCUT2D eigenvalue weighted by Crippen LogP contribution is -2.21. The summed E-state index contributed by atoms with van der Waals surface area (Å²) in [7, 11) is 1.68. The summed E-state index contributed by atoms with van der Waals surface area (Å²) < 4.78 is 6.34. The van der Waals surface area contributed by atoms with Gasteiger partial charge in [-0.25, -0.2) is 0 Å². The third kappa shape index (κ3) is 3.00. The Bertz CT molecular complexity index is 301. The Morgan fingerprint density at radius 1 is 1.50 bits per heavy atom. The van der Waals surface area contributed by atoms with Crippen LogP contribution in [0.2, 0.25) is 0 Å². The molecule has 0 bridgehead atoms. The quantitative estimate of drug-likeness (QED) is 0.901. The van der Waals surface area contributed by atoms with E-state index < -0.39 is 0 Å². The van der Waals surface area contributed by atoms with E-state index in [1.165, 1.54) is 0 Å². The van der Waals surface area contributed by atoms with Crippen molar-refractivity contribution in [3.05, 3.63) is 28.2 Å². The van der Waals surface area contributed by atoms with E-state index in [2.05, 4.69) is 28.9 Å². The van der Waals surface area contributed by atoms with E-state index in [4.69, 9.17) is 10.5 Å². The molecule has 0 aromatic heterocycles. The minimum Gasteiger partial charge on any atom is -0.496 e. The molecule has 1 unspecified atom stereocenters. The molecule has 14 heavy (non-hydrogen) atoms. The molecule has 0 fully saturated rings. The van der Waals surface area contributed by atoms with Gasteiger partial charge in [0.1, 0.15) is 5.75 Å². The van der Waals surface area contributed by atoms with Gasteiger partial charge in [0.25, 0.3) is 0 Å². The van der Waals surface area contributed by atoms with E-state index in [1.807, 2.05) is 12.1 Å². The van der Waals surface area contributed by atoms with Crippen LogP contribution in [-0.2, 0) is 6.42 Å². The van der Waals surface area contributed by atoms with Crippen molar-refractivity contribution in [2.45, 2.75) is 25.8 Å². The van der Waals surface area contributed by atoms with Gasteiger partial charge in [0, 0.05) is 10.5 Å². The number of rotatable bonds is 4. The van der Waals surface area contributed by atoms with Gasteiger partial charge in [0.15, 0.2) is 0 Å². The highest BCUT2D eigenvalue weighted by atomic mass is 79.9. The van der Waals surface area contributed by atoms with Crippen molar-refractivity contribution in [2.24, 2.45) is 5.73 Å². The molecule has 1 aromatic carbocycles. The molecular weight excluding hydrogens is 242 g/mol. The van der Waals surface area contributed by atoms with Crippen LogP contribution >= 0.6 is 15.9 Å². The molecule has 1 atom stereocenters. The summed E-state index contributed by atoms with van der Waals surface area (Å²) in [5, 5.41) is 0. The molecule has 78 valence electrons. The van der Waals surface area contributed by atoms with Gasteiger partial charge in [-0.3, -0.25) is 0 Å². The van der Waals surface area contributed by atoms with Gasteiger partial charge in [0.05, 0.1) is 7.11 Å². The summed E-state index contributed by atoms with van der Waals surface area (Å²) in [6.45, 7) is 2.09. The van der Waals surface area contributed by atoms with Gasteiger partial charge >= 0.3 is 0 Å². The molecule has 2 nitrogen and oxygen atoms in total. The van der Waals surface area contributed by atoms with Crippen molar-refractivity contribution in [3.8, 4) is 5.75 Å². The van der Waals surface area contributed by atoms with Gasteiger partial charge in [-0.2, -0.15) is 0 Å². The van der Waals surface area contributed by atoms with Crippen LogP contribution in [0.5, 0.6) is 5.75 Å². The van der Waals surface area contributed by atoms with Gasteiger partial charge in [0.2, 0.25) is 0 Å². The second-order valence-electron chi connectivity index (χ2n) is 3.33. The summed E-state index contributed by atoms with van der Waals surface area (Å²) in [6.07, 6.45) is 1.84. The van der Waals surface area contributed by atoms with Gasteiger partial charge in [-0.1, -0.05) is 22.9 Å². The minimum atomic E-state index is 0.207. The largest absolute Gasteiger partial charge is 0.496 e. The van der Waals surface area contributed by atoms with E-state index >= 15 is 0 Å². The van der Waals surface area contributed by atoms with Crippen molar-refractivity contribution < 1.29 is 4.74 Å². The maximum absolute atomic E-state index is 5.91. The highest BCUT2D eigenvalue weighted by molar-refractivity contribution is 9.10. The predicted octanol–water partition coefficient (Wildman–Crippen LogP) is 2.74. The molecule has 0 heterocycles. The highest BCUT2D eigenvalue weighted by Gasteiger charge is 2.07. The highest BCUT2D eigenvalue weighted by Crippen LogP contribution is 2.24. The van der Waals surface area contributed by atoms with Gasteiger partial charge < -0.3 is 10.5 Å². The summed E-state index contributed by atoms with van der Waals surface area (Å²) in [6, 6.07) is 6.20. The normalized spacial score (nSPS) is 12.6. The lowest BCUT2D eigenvalue weighted by atomic mass is 10.0. The van der Waals surface area contributed by atoms with Crippen molar-refractivity contribution in [2.75, 3.05) is 7.11 Å². The SMILES string of the molecule is CCC(N)Cc1cc(Br)ccc1OC. The molecule has 0 aliphatic rings. The van der Waals surface area contributed by atoms with Crippen LogP contribution in [0.1, 0.15) is 18.9 Å². The molecule has 1 aromatic rings. The second-order valence-corrected chi connectivity index (χ2v) is 4.24.